The molecule has 1 aromatic heterocycles. The van der Waals surface area contributed by atoms with Gasteiger partial charge in [0.15, 0.2) is 0 Å². The summed E-state index contributed by atoms with van der Waals surface area (Å²) >= 11 is 0. The molecule has 0 spiro atoms. The fourth-order valence-corrected chi connectivity index (χ4v) is 2.54. The van der Waals surface area contributed by atoms with Crippen LogP contribution in [0, 0.1) is 5.92 Å². The van der Waals surface area contributed by atoms with Crippen molar-refractivity contribution in [3.05, 3.63) is 16.8 Å². The Morgan fingerprint density at radius 2 is 2.27 bits per heavy atom. The molecule has 0 saturated heterocycles. The van der Waals surface area contributed by atoms with E-state index in [1.165, 1.54) is 32.1 Å². The van der Waals surface area contributed by atoms with Gasteiger partial charge in [0, 0.05) is 6.54 Å². The molecule has 1 atom stereocenters. The van der Waals surface area contributed by atoms with Crippen LogP contribution in [0.5, 0.6) is 0 Å². The van der Waals surface area contributed by atoms with Gasteiger partial charge in [-0.25, -0.2) is 9.89 Å². The van der Waals surface area contributed by atoms with Gasteiger partial charge in [-0.2, -0.15) is 5.10 Å². The van der Waals surface area contributed by atoms with Crippen molar-refractivity contribution in [2.45, 2.75) is 38.1 Å². The van der Waals surface area contributed by atoms with Crippen LogP contribution in [-0.2, 0) is 0 Å². The number of H-pyrrole nitrogens is 1. The lowest BCUT2D eigenvalue weighted by Crippen LogP contribution is -2.33. The summed E-state index contributed by atoms with van der Waals surface area (Å²) in [6.07, 6.45) is 7.75. The first-order chi connectivity index (χ1) is 7.33. The SMILES string of the molecule is NCC(C1CCCCC1)n1cn[nH]c1=O. The first-order valence-corrected chi connectivity index (χ1v) is 5.64. The molecule has 84 valence electrons. The first-order valence-electron chi connectivity index (χ1n) is 5.64. The van der Waals surface area contributed by atoms with Crippen LogP contribution in [0.1, 0.15) is 38.1 Å². The first kappa shape index (κ1) is 10.4. The maximum absolute atomic E-state index is 11.5. The van der Waals surface area contributed by atoms with Crippen molar-refractivity contribution in [1.82, 2.24) is 14.8 Å². The third kappa shape index (κ3) is 2.12. The predicted octanol–water partition coefficient (Wildman–Crippen LogP) is 0.651. The molecular formula is C10H18N4O. The molecule has 1 heterocycles. The quantitative estimate of drug-likeness (QED) is 0.769. The zero-order valence-electron chi connectivity index (χ0n) is 8.85. The van der Waals surface area contributed by atoms with E-state index in [-0.39, 0.29) is 11.7 Å². The minimum atomic E-state index is -0.143. The Morgan fingerprint density at radius 3 is 2.80 bits per heavy atom. The van der Waals surface area contributed by atoms with Gasteiger partial charge in [-0.1, -0.05) is 19.3 Å². The van der Waals surface area contributed by atoms with Crippen molar-refractivity contribution in [3.63, 3.8) is 0 Å². The molecule has 3 N–H and O–H groups in total. The number of rotatable bonds is 3. The summed E-state index contributed by atoms with van der Waals surface area (Å²) in [5.74, 6) is 0.541. The molecule has 0 bridgehead atoms. The highest BCUT2D eigenvalue weighted by Crippen LogP contribution is 2.31. The highest BCUT2D eigenvalue weighted by molar-refractivity contribution is 4.82. The normalized spacial score (nSPS) is 20.3. The van der Waals surface area contributed by atoms with E-state index < -0.39 is 0 Å². The van der Waals surface area contributed by atoms with Crippen LogP contribution in [0.4, 0.5) is 0 Å². The van der Waals surface area contributed by atoms with Gasteiger partial charge in [-0.3, -0.25) is 4.57 Å². The van der Waals surface area contributed by atoms with Crippen molar-refractivity contribution in [1.29, 1.82) is 0 Å². The van der Waals surface area contributed by atoms with Crippen LogP contribution < -0.4 is 11.4 Å². The third-order valence-electron chi connectivity index (χ3n) is 3.37. The van der Waals surface area contributed by atoms with Gasteiger partial charge in [-0.15, -0.1) is 0 Å². The lowest BCUT2D eigenvalue weighted by Gasteiger charge is -2.29. The molecule has 1 fully saturated rings. The predicted molar refractivity (Wildman–Crippen MR) is 57.5 cm³/mol. The number of aromatic nitrogens is 3. The molecule has 0 radical (unpaired) electrons. The second kappa shape index (κ2) is 4.61. The summed E-state index contributed by atoms with van der Waals surface area (Å²) in [5.41, 5.74) is 5.62. The molecule has 1 unspecified atom stereocenters. The van der Waals surface area contributed by atoms with E-state index in [4.69, 9.17) is 5.73 Å². The Balaban J connectivity index is 2.16. The number of aromatic amines is 1. The highest BCUT2D eigenvalue weighted by atomic mass is 16.1. The van der Waals surface area contributed by atoms with Crippen LogP contribution >= 0.6 is 0 Å². The third-order valence-corrected chi connectivity index (χ3v) is 3.37. The highest BCUT2D eigenvalue weighted by Gasteiger charge is 2.24. The van der Waals surface area contributed by atoms with Crippen LogP contribution in [-0.4, -0.2) is 21.3 Å². The van der Waals surface area contributed by atoms with E-state index in [0.717, 1.165) is 0 Å². The van der Waals surface area contributed by atoms with Gasteiger partial charge in [0.05, 0.1) is 6.04 Å². The summed E-state index contributed by atoms with van der Waals surface area (Å²) in [4.78, 5) is 11.5. The molecule has 0 aromatic carbocycles. The van der Waals surface area contributed by atoms with Crippen molar-refractivity contribution < 1.29 is 0 Å². The van der Waals surface area contributed by atoms with E-state index in [9.17, 15) is 4.79 Å². The van der Waals surface area contributed by atoms with E-state index in [0.29, 0.717) is 12.5 Å². The van der Waals surface area contributed by atoms with Crippen LogP contribution in [0.3, 0.4) is 0 Å². The van der Waals surface area contributed by atoms with Crippen LogP contribution in [0.2, 0.25) is 0 Å². The number of nitrogens with zero attached hydrogens (tertiary/aromatic N) is 2. The molecular weight excluding hydrogens is 192 g/mol. The average Bonchev–Trinajstić information content (AvgIpc) is 2.68. The summed E-state index contributed by atoms with van der Waals surface area (Å²) < 4.78 is 1.65. The van der Waals surface area contributed by atoms with E-state index in [2.05, 4.69) is 10.2 Å². The molecule has 5 heteroatoms. The maximum Gasteiger partial charge on any atom is 0.343 e. The van der Waals surface area contributed by atoms with Crippen molar-refractivity contribution in [2.75, 3.05) is 6.54 Å². The largest absolute Gasteiger partial charge is 0.343 e. The molecule has 1 aliphatic carbocycles. The molecule has 0 aliphatic heterocycles. The minimum absolute atomic E-state index is 0.122. The minimum Gasteiger partial charge on any atom is -0.328 e. The zero-order valence-corrected chi connectivity index (χ0v) is 8.85. The van der Waals surface area contributed by atoms with Crippen molar-refractivity contribution >= 4 is 0 Å². The Bertz CT molecular complexity index is 350. The topological polar surface area (TPSA) is 76.7 Å². The van der Waals surface area contributed by atoms with E-state index >= 15 is 0 Å². The smallest absolute Gasteiger partial charge is 0.328 e. The second-order valence-electron chi connectivity index (χ2n) is 4.27. The number of hydrogen-bond donors (Lipinski definition) is 2. The Kier molecular flexibility index (Phi) is 3.20. The second-order valence-corrected chi connectivity index (χ2v) is 4.27. The van der Waals surface area contributed by atoms with Crippen molar-refractivity contribution in [2.24, 2.45) is 11.7 Å². The maximum atomic E-state index is 11.5. The van der Waals surface area contributed by atoms with Gasteiger partial charge in [0.25, 0.3) is 0 Å². The van der Waals surface area contributed by atoms with E-state index in [1.807, 2.05) is 0 Å². The lowest BCUT2D eigenvalue weighted by molar-refractivity contribution is 0.249. The number of nitrogens with two attached hydrogens (primary N) is 1. The van der Waals surface area contributed by atoms with Gasteiger partial charge >= 0.3 is 5.69 Å². The molecule has 15 heavy (non-hydrogen) atoms. The standard InChI is InChI=1S/C10H18N4O/c11-6-9(8-4-2-1-3-5-8)14-7-12-13-10(14)15/h7-9H,1-6,11H2,(H,13,15). The summed E-state index contributed by atoms with van der Waals surface area (Å²) in [7, 11) is 0. The number of hydrogen-bond acceptors (Lipinski definition) is 3. The monoisotopic (exact) mass is 210 g/mol. The van der Waals surface area contributed by atoms with Crippen LogP contribution in [0.25, 0.3) is 0 Å². The van der Waals surface area contributed by atoms with Gasteiger partial charge in [0.2, 0.25) is 0 Å². The zero-order chi connectivity index (χ0) is 10.7. The molecule has 1 aliphatic rings. The summed E-state index contributed by atoms with van der Waals surface area (Å²) in [5, 5.41) is 6.18. The van der Waals surface area contributed by atoms with Crippen molar-refractivity contribution in [3.8, 4) is 0 Å². The summed E-state index contributed by atoms with van der Waals surface area (Å²) in [6, 6.07) is 0.122. The number of nitrogens with one attached hydrogen (secondary N) is 1. The molecule has 2 rings (SSSR count). The Labute approximate surface area is 88.7 Å². The molecule has 1 saturated carbocycles. The lowest BCUT2D eigenvalue weighted by atomic mass is 9.84. The Hall–Kier alpha value is -1.10. The Morgan fingerprint density at radius 1 is 1.53 bits per heavy atom. The van der Waals surface area contributed by atoms with Crippen LogP contribution in [0.15, 0.2) is 11.1 Å². The van der Waals surface area contributed by atoms with Gasteiger partial charge < -0.3 is 5.73 Å². The fraction of sp³-hybridized carbons (Fsp3) is 0.800. The molecule has 5 nitrogen and oxygen atoms in total. The van der Waals surface area contributed by atoms with Gasteiger partial charge in [-0.05, 0) is 18.8 Å². The molecule has 1 aromatic rings. The summed E-state index contributed by atoms with van der Waals surface area (Å²) in [6.45, 7) is 0.518. The molecule has 0 amide bonds. The van der Waals surface area contributed by atoms with E-state index in [1.54, 1.807) is 10.9 Å². The van der Waals surface area contributed by atoms with Gasteiger partial charge in [0.1, 0.15) is 6.33 Å². The average molecular weight is 210 g/mol. The fourth-order valence-electron chi connectivity index (χ4n) is 2.54.